The molecule has 1 aliphatic rings. The maximum Gasteiger partial charge on any atom is 0.174 e. The van der Waals surface area contributed by atoms with Gasteiger partial charge in [0.15, 0.2) is 5.11 Å². The van der Waals surface area contributed by atoms with Gasteiger partial charge in [0.1, 0.15) is 5.75 Å². The van der Waals surface area contributed by atoms with Crippen molar-refractivity contribution in [3.8, 4) is 11.4 Å². The second-order valence-electron chi connectivity index (χ2n) is 8.55. The second kappa shape index (κ2) is 8.95. The van der Waals surface area contributed by atoms with Crippen molar-refractivity contribution >= 4 is 23.0 Å². The molecule has 0 saturated carbocycles. The van der Waals surface area contributed by atoms with E-state index in [4.69, 9.17) is 21.9 Å². The second-order valence-corrected chi connectivity index (χ2v) is 8.94. The van der Waals surface area contributed by atoms with Crippen LogP contribution in [0, 0.1) is 20.8 Å². The number of anilines is 1. The summed E-state index contributed by atoms with van der Waals surface area (Å²) in [4.78, 5) is 6.89. The van der Waals surface area contributed by atoms with Crippen LogP contribution in [0.2, 0.25) is 0 Å². The van der Waals surface area contributed by atoms with Gasteiger partial charge in [-0.15, -0.1) is 0 Å². The Kier molecular flexibility index (Phi) is 5.84. The van der Waals surface area contributed by atoms with Crippen LogP contribution in [0.5, 0.6) is 5.75 Å². The molecule has 1 saturated heterocycles. The lowest BCUT2D eigenvalue weighted by Crippen LogP contribution is -2.30. The van der Waals surface area contributed by atoms with Crippen molar-refractivity contribution < 1.29 is 4.74 Å². The number of methoxy groups -OCH3 is 1. The number of nitrogens with zero attached hydrogens (tertiary/aromatic N) is 3. The van der Waals surface area contributed by atoms with Gasteiger partial charge in [-0.2, -0.15) is 0 Å². The van der Waals surface area contributed by atoms with Gasteiger partial charge in [-0.25, -0.2) is 0 Å². The van der Waals surface area contributed by atoms with Crippen LogP contribution in [-0.4, -0.2) is 21.8 Å². The summed E-state index contributed by atoms with van der Waals surface area (Å²) >= 11 is 5.93. The van der Waals surface area contributed by atoms with E-state index in [2.05, 4.69) is 72.0 Å². The molecule has 2 atom stereocenters. The highest BCUT2D eigenvalue weighted by Crippen LogP contribution is 2.47. The summed E-state index contributed by atoms with van der Waals surface area (Å²) in [5.74, 6) is 0.785. The van der Waals surface area contributed by atoms with Gasteiger partial charge in [-0.3, -0.25) is 4.98 Å². The predicted octanol–water partition coefficient (Wildman–Crippen LogP) is 5.98. The molecular weight excluding hydrogens is 440 g/mol. The number of hydrogen-bond acceptors (Lipinski definition) is 3. The number of benzene rings is 2. The zero-order chi connectivity index (χ0) is 23.8. The van der Waals surface area contributed by atoms with Crippen LogP contribution in [0.3, 0.4) is 0 Å². The van der Waals surface area contributed by atoms with Crippen molar-refractivity contribution in [3.63, 3.8) is 0 Å². The van der Waals surface area contributed by atoms with Crippen LogP contribution in [0.25, 0.3) is 5.69 Å². The Bertz CT molecular complexity index is 1330. The van der Waals surface area contributed by atoms with Gasteiger partial charge in [0, 0.05) is 28.8 Å². The van der Waals surface area contributed by atoms with E-state index in [1.54, 1.807) is 7.11 Å². The third-order valence-electron chi connectivity index (χ3n) is 6.76. The number of hydrogen-bond donors (Lipinski definition) is 1. The van der Waals surface area contributed by atoms with E-state index in [9.17, 15) is 0 Å². The van der Waals surface area contributed by atoms with Gasteiger partial charge >= 0.3 is 0 Å². The molecule has 0 bridgehead atoms. The van der Waals surface area contributed by atoms with Crippen LogP contribution in [-0.2, 0) is 0 Å². The number of thiocarbonyl (C=S) groups is 1. The van der Waals surface area contributed by atoms with Gasteiger partial charge in [0.25, 0.3) is 0 Å². The zero-order valence-electron chi connectivity index (χ0n) is 19.8. The van der Waals surface area contributed by atoms with Crippen LogP contribution in [0.4, 0.5) is 5.69 Å². The Morgan fingerprint density at radius 2 is 1.59 bits per heavy atom. The van der Waals surface area contributed by atoms with E-state index in [1.807, 2.05) is 42.6 Å². The van der Waals surface area contributed by atoms with Gasteiger partial charge < -0.3 is 19.5 Å². The van der Waals surface area contributed by atoms with Crippen molar-refractivity contribution in [3.05, 3.63) is 107 Å². The highest BCUT2D eigenvalue weighted by molar-refractivity contribution is 7.80. The van der Waals surface area contributed by atoms with Crippen LogP contribution in [0.15, 0.2) is 79.0 Å². The van der Waals surface area contributed by atoms with Gasteiger partial charge in [0.2, 0.25) is 0 Å². The Labute approximate surface area is 206 Å². The van der Waals surface area contributed by atoms with Crippen LogP contribution < -0.4 is 15.0 Å². The Morgan fingerprint density at radius 1 is 0.882 bits per heavy atom. The summed E-state index contributed by atoms with van der Waals surface area (Å²) in [7, 11) is 1.70. The van der Waals surface area contributed by atoms with E-state index >= 15 is 0 Å². The number of pyridine rings is 1. The lowest BCUT2D eigenvalue weighted by Gasteiger charge is -2.30. The lowest BCUT2D eigenvalue weighted by molar-refractivity contribution is 0.414. The SMILES string of the molecule is COc1ccccc1N1C(=S)N[C@H](c2ccccn2)[C@@H]1c1c(C)c(C)n(-c2ccccc2)c1C. The van der Waals surface area contributed by atoms with Crippen LogP contribution >= 0.6 is 12.2 Å². The maximum atomic E-state index is 5.93. The standard InChI is InChI=1S/C28H28N4OS/c1-18-19(2)31(21-12-6-5-7-13-21)20(3)25(18)27-26(22-14-10-11-17-29-22)30-28(34)32(27)23-15-8-9-16-24(23)33-4/h5-17,26-27H,1-4H3,(H,30,34)/t26-,27+/m1/s1. The molecule has 6 heteroatoms. The average Bonchev–Trinajstić information content (AvgIpc) is 3.32. The molecule has 5 rings (SSSR count). The van der Waals surface area contributed by atoms with Crippen molar-refractivity contribution in [2.75, 3.05) is 12.0 Å². The number of para-hydroxylation sites is 3. The molecule has 0 radical (unpaired) electrons. The average molecular weight is 469 g/mol. The zero-order valence-corrected chi connectivity index (χ0v) is 20.6. The molecule has 1 aliphatic heterocycles. The molecule has 5 nitrogen and oxygen atoms in total. The Hall–Kier alpha value is -3.64. The molecule has 0 amide bonds. The van der Waals surface area contributed by atoms with Gasteiger partial charge in [-0.1, -0.05) is 36.4 Å². The number of aromatic nitrogens is 2. The van der Waals surface area contributed by atoms with E-state index in [1.165, 1.54) is 22.5 Å². The van der Waals surface area contributed by atoms with Crippen molar-refractivity contribution in [1.82, 2.24) is 14.9 Å². The van der Waals surface area contributed by atoms with Crippen molar-refractivity contribution in [2.24, 2.45) is 0 Å². The quantitative estimate of drug-likeness (QED) is 0.365. The molecule has 2 aromatic heterocycles. The first-order valence-corrected chi connectivity index (χ1v) is 11.8. The summed E-state index contributed by atoms with van der Waals surface area (Å²) in [5.41, 5.74) is 7.95. The molecule has 0 aliphatic carbocycles. The summed E-state index contributed by atoms with van der Waals surface area (Å²) in [6.45, 7) is 6.58. The molecule has 2 aromatic carbocycles. The molecular formula is C28H28N4OS. The summed E-state index contributed by atoms with van der Waals surface area (Å²) in [6, 6.07) is 24.4. The Morgan fingerprint density at radius 3 is 2.29 bits per heavy atom. The largest absolute Gasteiger partial charge is 0.495 e. The maximum absolute atomic E-state index is 5.93. The van der Waals surface area contributed by atoms with Gasteiger partial charge in [0.05, 0.1) is 30.6 Å². The third-order valence-corrected chi connectivity index (χ3v) is 7.07. The Balaban J connectivity index is 1.75. The molecule has 172 valence electrons. The fourth-order valence-corrected chi connectivity index (χ4v) is 5.48. The fraction of sp³-hybridized carbons (Fsp3) is 0.214. The van der Waals surface area contributed by atoms with Crippen molar-refractivity contribution in [2.45, 2.75) is 32.9 Å². The smallest absolute Gasteiger partial charge is 0.174 e. The lowest BCUT2D eigenvalue weighted by atomic mass is 9.93. The van der Waals surface area contributed by atoms with E-state index in [0.717, 1.165) is 22.8 Å². The minimum Gasteiger partial charge on any atom is -0.495 e. The highest BCUT2D eigenvalue weighted by Gasteiger charge is 2.44. The van der Waals surface area contributed by atoms with Gasteiger partial charge in [-0.05, 0) is 75.0 Å². The first kappa shape index (κ1) is 22.2. The summed E-state index contributed by atoms with van der Waals surface area (Å²) < 4.78 is 8.08. The molecule has 0 spiro atoms. The molecule has 4 aromatic rings. The topological polar surface area (TPSA) is 42.3 Å². The number of rotatable bonds is 5. The predicted molar refractivity (Wildman–Crippen MR) is 141 cm³/mol. The molecule has 34 heavy (non-hydrogen) atoms. The minimum absolute atomic E-state index is 0.0950. The summed E-state index contributed by atoms with van der Waals surface area (Å²) in [5, 5.41) is 4.23. The molecule has 1 N–H and O–H groups in total. The highest BCUT2D eigenvalue weighted by atomic mass is 32.1. The number of nitrogens with one attached hydrogen (secondary N) is 1. The number of ether oxygens (including phenoxy) is 1. The summed E-state index contributed by atoms with van der Waals surface area (Å²) in [6.07, 6.45) is 1.84. The molecule has 3 heterocycles. The fourth-order valence-electron chi connectivity index (χ4n) is 5.14. The normalized spacial score (nSPS) is 17.6. The monoisotopic (exact) mass is 468 g/mol. The molecule has 1 fully saturated rings. The minimum atomic E-state index is -0.109. The first-order chi connectivity index (χ1) is 16.5. The van der Waals surface area contributed by atoms with E-state index in [-0.39, 0.29) is 12.1 Å². The first-order valence-electron chi connectivity index (χ1n) is 11.4. The van der Waals surface area contributed by atoms with Crippen LogP contribution in [0.1, 0.15) is 40.3 Å². The molecule has 0 unspecified atom stereocenters. The van der Waals surface area contributed by atoms with E-state index in [0.29, 0.717) is 5.11 Å². The van der Waals surface area contributed by atoms with E-state index < -0.39 is 0 Å². The van der Waals surface area contributed by atoms with Crippen molar-refractivity contribution in [1.29, 1.82) is 0 Å². The third kappa shape index (κ3) is 3.55.